The van der Waals surface area contributed by atoms with E-state index in [1.54, 1.807) is 16.0 Å². The quantitative estimate of drug-likeness (QED) is 0.570. The zero-order chi connectivity index (χ0) is 23.4. The molecule has 7 heteroatoms. The summed E-state index contributed by atoms with van der Waals surface area (Å²) in [7, 11) is 0. The highest BCUT2D eigenvalue weighted by Crippen LogP contribution is 2.40. The van der Waals surface area contributed by atoms with Crippen LogP contribution in [0.4, 0.5) is 15.4 Å². The Morgan fingerprint density at radius 1 is 1.06 bits per heavy atom. The second-order valence-electron chi connectivity index (χ2n) is 9.74. The smallest absolute Gasteiger partial charge is 0.416 e. The van der Waals surface area contributed by atoms with Crippen molar-refractivity contribution >= 4 is 18.0 Å². The predicted molar refractivity (Wildman–Crippen MR) is 126 cm³/mol. The second-order valence-corrected chi connectivity index (χ2v) is 9.74. The molecule has 2 aromatic rings. The Kier molecular flexibility index (Phi) is 6.86. The van der Waals surface area contributed by atoms with Crippen molar-refractivity contribution in [1.29, 1.82) is 0 Å². The number of piperidine rings is 1. The molecule has 0 bridgehead atoms. The van der Waals surface area contributed by atoms with Gasteiger partial charge in [-0.15, -0.1) is 0 Å². The van der Waals surface area contributed by atoms with E-state index in [-0.39, 0.29) is 30.9 Å². The number of hydrogen-bond donors (Lipinski definition) is 0. The van der Waals surface area contributed by atoms with E-state index in [0.717, 1.165) is 43.2 Å². The molecule has 1 atom stereocenters. The van der Waals surface area contributed by atoms with Crippen molar-refractivity contribution in [2.24, 2.45) is 0 Å². The van der Waals surface area contributed by atoms with E-state index in [1.165, 1.54) is 0 Å². The van der Waals surface area contributed by atoms with Crippen LogP contribution in [0.25, 0.3) is 0 Å². The van der Waals surface area contributed by atoms with Crippen LogP contribution in [0.3, 0.4) is 0 Å². The van der Waals surface area contributed by atoms with Crippen LogP contribution in [0.15, 0.2) is 48.7 Å². The Balaban J connectivity index is 1.58. The van der Waals surface area contributed by atoms with Gasteiger partial charge in [-0.3, -0.25) is 4.90 Å². The van der Waals surface area contributed by atoms with E-state index >= 15 is 0 Å². The molecule has 1 aliphatic heterocycles. The number of ether oxygens (including phenoxy) is 2. The van der Waals surface area contributed by atoms with Crippen molar-refractivity contribution in [3.63, 3.8) is 0 Å². The predicted octanol–water partition coefficient (Wildman–Crippen LogP) is 5.85. The Morgan fingerprint density at radius 3 is 2.52 bits per heavy atom. The zero-order valence-corrected chi connectivity index (χ0v) is 19.7. The van der Waals surface area contributed by atoms with Gasteiger partial charge in [0, 0.05) is 24.3 Å². The minimum Gasteiger partial charge on any atom is -0.445 e. The molecule has 1 saturated heterocycles. The van der Waals surface area contributed by atoms with Crippen molar-refractivity contribution in [2.75, 3.05) is 11.4 Å². The van der Waals surface area contributed by atoms with Crippen LogP contribution in [0.5, 0.6) is 0 Å². The number of likely N-dealkylation sites (tertiary alicyclic amines) is 1. The maximum Gasteiger partial charge on any atom is 0.416 e. The number of nitrogens with zero attached hydrogens (tertiary/aromatic N) is 3. The van der Waals surface area contributed by atoms with Crippen molar-refractivity contribution in [3.05, 3.63) is 59.8 Å². The molecule has 2 aliphatic rings. The summed E-state index contributed by atoms with van der Waals surface area (Å²) in [6.07, 6.45) is 5.52. The lowest BCUT2D eigenvalue weighted by Crippen LogP contribution is -2.42. The van der Waals surface area contributed by atoms with Gasteiger partial charge in [0.15, 0.2) is 0 Å². The van der Waals surface area contributed by atoms with Crippen molar-refractivity contribution in [2.45, 2.75) is 77.2 Å². The summed E-state index contributed by atoms with van der Waals surface area (Å²) in [6.45, 7) is 6.43. The summed E-state index contributed by atoms with van der Waals surface area (Å²) in [4.78, 5) is 34.3. The minimum absolute atomic E-state index is 0.0792. The molecular formula is C26H33N3O4. The molecule has 0 unspecified atom stereocenters. The standard InChI is InChI=1S/C26H33N3O4/c1-26(2,3)33-25(31)29(20-14-15-20)23-21(12-9-16-27-23)22-13-7-8-17-28(22)24(30)32-18-19-10-5-4-6-11-19/h4-6,9-12,16,20,22H,7-8,13-15,17-18H2,1-3H3/t22-/m0/s1. The molecule has 1 saturated carbocycles. The van der Waals surface area contributed by atoms with Gasteiger partial charge in [0.2, 0.25) is 0 Å². The Bertz CT molecular complexity index is 969. The number of carbonyl (C=O) groups is 2. The van der Waals surface area contributed by atoms with Crippen LogP contribution in [-0.2, 0) is 16.1 Å². The lowest BCUT2D eigenvalue weighted by atomic mass is 9.95. The summed E-state index contributed by atoms with van der Waals surface area (Å²) in [5.74, 6) is 0.585. The highest BCUT2D eigenvalue weighted by molar-refractivity contribution is 5.89. The van der Waals surface area contributed by atoms with Gasteiger partial charge in [-0.05, 0) is 64.5 Å². The van der Waals surface area contributed by atoms with Gasteiger partial charge in [0.05, 0.1) is 6.04 Å². The summed E-state index contributed by atoms with van der Waals surface area (Å²) < 4.78 is 11.4. The molecule has 2 fully saturated rings. The SMILES string of the molecule is CC(C)(C)OC(=O)N(c1ncccc1[C@@H]1CCCCN1C(=O)OCc1ccccc1)C1CC1. The highest BCUT2D eigenvalue weighted by atomic mass is 16.6. The third-order valence-electron chi connectivity index (χ3n) is 5.85. The lowest BCUT2D eigenvalue weighted by molar-refractivity contribution is 0.0574. The van der Waals surface area contributed by atoms with E-state index < -0.39 is 5.60 Å². The maximum absolute atomic E-state index is 13.1. The minimum atomic E-state index is -0.600. The summed E-state index contributed by atoms with van der Waals surface area (Å²) >= 11 is 0. The maximum atomic E-state index is 13.1. The van der Waals surface area contributed by atoms with Crippen LogP contribution in [0.1, 0.15) is 70.0 Å². The molecule has 2 amide bonds. The topological polar surface area (TPSA) is 72.0 Å². The summed E-state index contributed by atoms with van der Waals surface area (Å²) in [6, 6.07) is 13.4. The van der Waals surface area contributed by atoms with Gasteiger partial charge in [-0.1, -0.05) is 36.4 Å². The van der Waals surface area contributed by atoms with E-state index in [1.807, 2.05) is 63.2 Å². The highest BCUT2D eigenvalue weighted by Gasteiger charge is 2.40. The van der Waals surface area contributed by atoms with Gasteiger partial charge in [-0.25, -0.2) is 14.6 Å². The van der Waals surface area contributed by atoms with Gasteiger partial charge < -0.3 is 14.4 Å². The number of rotatable bonds is 5. The van der Waals surface area contributed by atoms with Gasteiger partial charge in [0.1, 0.15) is 18.0 Å². The fourth-order valence-corrected chi connectivity index (χ4v) is 4.20. The van der Waals surface area contributed by atoms with E-state index in [2.05, 4.69) is 4.98 Å². The van der Waals surface area contributed by atoms with Crippen LogP contribution >= 0.6 is 0 Å². The number of hydrogen-bond acceptors (Lipinski definition) is 5. The summed E-state index contributed by atoms with van der Waals surface area (Å²) in [5, 5.41) is 0. The number of amides is 2. The first-order chi connectivity index (χ1) is 15.8. The molecule has 176 valence electrons. The number of anilines is 1. The second kappa shape index (κ2) is 9.81. The first-order valence-corrected chi connectivity index (χ1v) is 11.8. The average molecular weight is 452 g/mol. The molecule has 33 heavy (non-hydrogen) atoms. The molecule has 2 heterocycles. The van der Waals surface area contributed by atoms with Crippen molar-refractivity contribution in [3.8, 4) is 0 Å². The van der Waals surface area contributed by atoms with Crippen LogP contribution in [0.2, 0.25) is 0 Å². The zero-order valence-electron chi connectivity index (χ0n) is 19.7. The molecule has 0 radical (unpaired) electrons. The van der Waals surface area contributed by atoms with Crippen LogP contribution < -0.4 is 4.90 Å². The Morgan fingerprint density at radius 2 is 1.82 bits per heavy atom. The Labute approximate surface area is 195 Å². The third-order valence-corrected chi connectivity index (χ3v) is 5.85. The molecule has 1 aromatic carbocycles. The lowest BCUT2D eigenvalue weighted by Gasteiger charge is -2.37. The van der Waals surface area contributed by atoms with E-state index in [4.69, 9.17) is 9.47 Å². The molecular weight excluding hydrogens is 418 g/mol. The number of pyridine rings is 1. The monoisotopic (exact) mass is 451 g/mol. The van der Waals surface area contributed by atoms with E-state index in [9.17, 15) is 9.59 Å². The Hall–Kier alpha value is -3.09. The van der Waals surface area contributed by atoms with Gasteiger partial charge in [-0.2, -0.15) is 0 Å². The molecule has 7 nitrogen and oxygen atoms in total. The fourth-order valence-electron chi connectivity index (χ4n) is 4.20. The summed E-state index contributed by atoms with van der Waals surface area (Å²) in [5.41, 5.74) is 1.22. The van der Waals surface area contributed by atoms with E-state index in [0.29, 0.717) is 12.4 Å². The number of benzene rings is 1. The van der Waals surface area contributed by atoms with Crippen molar-refractivity contribution in [1.82, 2.24) is 9.88 Å². The first-order valence-electron chi connectivity index (χ1n) is 11.8. The fraction of sp³-hybridized carbons (Fsp3) is 0.500. The first kappa shape index (κ1) is 23.1. The molecule has 4 rings (SSSR count). The molecule has 0 spiro atoms. The van der Waals surface area contributed by atoms with Crippen LogP contribution in [0, 0.1) is 0 Å². The van der Waals surface area contributed by atoms with Crippen LogP contribution in [-0.4, -0.2) is 40.3 Å². The van der Waals surface area contributed by atoms with Gasteiger partial charge >= 0.3 is 12.2 Å². The third kappa shape index (κ3) is 5.83. The molecule has 1 aliphatic carbocycles. The molecule has 0 N–H and O–H groups in total. The normalized spacial score (nSPS) is 18.5. The average Bonchev–Trinajstić information content (AvgIpc) is 3.62. The number of aromatic nitrogens is 1. The van der Waals surface area contributed by atoms with Crippen molar-refractivity contribution < 1.29 is 19.1 Å². The number of carbonyl (C=O) groups excluding carboxylic acids is 2. The van der Waals surface area contributed by atoms with Gasteiger partial charge in [0.25, 0.3) is 0 Å². The largest absolute Gasteiger partial charge is 0.445 e. The molecule has 1 aromatic heterocycles.